The number of para-hydroxylation sites is 1. The van der Waals surface area contributed by atoms with Crippen LogP contribution in [0.4, 0.5) is 5.95 Å². The summed E-state index contributed by atoms with van der Waals surface area (Å²) in [6, 6.07) is 13.0. The molecule has 2 heterocycles. The lowest BCUT2D eigenvalue weighted by atomic mass is 9.85. The lowest BCUT2D eigenvalue weighted by molar-refractivity contribution is -0.126. The lowest BCUT2D eigenvalue weighted by Crippen LogP contribution is -2.42. The van der Waals surface area contributed by atoms with Crippen LogP contribution in [-0.4, -0.2) is 41.2 Å². The summed E-state index contributed by atoms with van der Waals surface area (Å²) in [6.45, 7) is 3.17. The number of benzene rings is 2. The Hall–Kier alpha value is -3.35. The van der Waals surface area contributed by atoms with Crippen LogP contribution in [0.1, 0.15) is 63.5 Å². The number of nitrogens with zero attached hydrogens (tertiary/aromatic N) is 2. The van der Waals surface area contributed by atoms with Gasteiger partial charge in [0.05, 0.1) is 11.2 Å². The molecule has 2 N–H and O–H groups in total. The molecule has 2 fully saturated rings. The largest absolute Gasteiger partial charge is 0.486 e. The highest BCUT2D eigenvalue weighted by molar-refractivity contribution is 5.88. The number of carbonyl (C=O) groups excluding carboxylic acids is 1. The summed E-state index contributed by atoms with van der Waals surface area (Å²) >= 11 is 0. The fraction of sp³-hybridized carbons (Fsp3) is 0.500. The van der Waals surface area contributed by atoms with Gasteiger partial charge in [0.1, 0.15) is 13.2 Å². The van der Waals surface area contributed by atoms with E-state index in [9.17, 15) is 4.79 Å². The number of carbonyl (C=O) groups is 1. The minimum absolute atomic E-state index is 0.135. The van der Waals surface area contributed by atoms with Crippen LogP contribution in [0.3, 0.4) is 0 Å². The molecule has 37 heavy (non-hydrogen) atoms. The maximum atomic E-state index is 12.8. The number of nitrogens with one attached hydrogen (secondary N) is 2. The second-order valence-corrected chi connectivity index (χ2v) is 10.7. The third-order valence-electron chi connectivity index (χ3n) is 8.15. The van der Waals surface area contributed by atoms with Crippen molar-refractivity contribution in [2.75, 3.05) is 18.5 Å². The van der Waals surface area contributed by atoms with Crippen molar-refractivity contribution in [3.8, 4) is 22.6 Å². The minimum Gasteiger partial charge on any atom is -0.486 e. The second-order valence-electron chi connectivity index (χ2n) is 10.7. The van der Waals surface area contributed by atoms with Gasteiger partial charge in [0.2, 0.25) is 11.9 Å². The van der Waals surface area contributed by atoms with Crippen LogP contribution in [0.15, 0.2) is 36.4 Å². The number of hydrogen-bond acceptors (Lipinski definition) is 6. The predicted octanol–water partition coefficient (Wildman–Crippen LogP) is 5.80. The van der Waals surface area contributed by atoms with Gasteiger partial charge in [-0.05, 0) is 69.2 Å². The smallest absolute Gasteiger partial charge is 0.223 e. The van der Waals surface area contributed by atoms with Crippen molar-refractivity contribution in [3.63, 3.8) is 0 Å². The number of rotatable bonds is 5. The Bertz CT molecular complexity index is 1280. The number of aromatic nitrogens is 2. The summed E-state index contributed by atoms with van der Waals surface area (Å²) in [6.07, 6.45) is 9.82. The number of amides is 1. The highest BCUT2D eigenvalue weighted by Gasteiger charge is 2.28. The molecule has 194 valence electrons. The van der Waals surface area contributed by atoms with E-state index in [-0.39, 0.29) is 11.8 Å². The van der Waals surface area contributed by atoms with Crippen molar-refractivity contribution in [3.05, 3.63) is 42.1 Å². The van der Waals surface area contributed by atoms with Gasteiger partial charge in [-0.2, -0.15) is 0 Å². The van der Waals surface area contributed by atoms with Gasteiger partial charge in [-0.3, -0.25) is 4.79 Å². The van der Waals surface area contributed by atoms with Crippen molar-refractivity contribution in [1.29, 1.82) is 0 Å². The summed E-state index contributed by atoms with van der Waals surface area (Å²) in [5.74, 6) is 2.65. The van der Waals surface area contributed by atoms with Gasteiger partial charge >= 0.3 is 0 Å². The zero-order valence-corrected chi connectivity index (χ0v) is 21.6. The molecule has 2 saturated carbocycles. The van der Waals surface area contributed by atoms with Crippen molar-refractivity contribution >= 4 is 22.8 Å². The maximum Gasteiger partial charge on any atom is 0.223 e. The first kappa shape index (κ1) is 24.0. The molecule has 1 aliphatic heterocycles. The summed E-state index contributed by atoms with van der Waals surface area (Å²) < 4.78 is 11.7. The monoisotopic (exact) mass is 500 g/mol. The van der Waals surface area contributed by atoms with E-state index in [0.29, 0.717) is 31.2 Å². The molecule has 6 rings (SSSR count). The molecular weight excluding hydrogens is 464 g/mol. The third-order valence-corrected chi connectivity index (χ3v) is 8.15. The van der Waals surface area contributed by atoms with Crippen LogP contribution in [-0.2, 0) is 4.79 Å². The van der Waals surface area contributed by atoms with E-state index in [1.54, 1.807) is 0 Å². The van der Waals surface area contributed by atoms with Crippen molar-refractivity contribution in [1.82, 2.24) is 15.3 Å². The molecule has 1 amide bonds. The second kappa shape index (κ2) is 10.6. The Kier molecular flexibility index (Phi) is 6.85. The summed E-state index contributed by atoms with van der Waals surface area (Å²) in [5, 5.41) is 7.89. The van der Waals surface area contributed by atoms with Gasteiger partial charge in [0, 0.05) is 29.0 Å². The van der Waals surface area contributed by atoms with Crippen molar-refractivity contribution < 1.29 is 14.3 Å². The highest BCUT2D eigenvalue weighted by Crippen LogP contribution is 2.40. The predicted molar refractivity (Wildman–Crippen MR) is 145 cm³/mol. The molecule has 3 aromatic rings. The number of anilines is 1. The first-order chi connectivity index (χ1) is 18.1. The Morgan fingerprint density at radius 1 is 0.892 bits per heavy atom. The van der Waals surface area contributed by atoms with Crippen LogP contribution >= 0.6 is 0 Å². The van der Waals surface area contributed by atoms with Gasteiger partial charge < -0.3 is 20.1 Å². The molecule has 7 heteroatoms. The van der Waals surface area contributed by atoms with E-state index in [0.717, 1.165) is 77.7 Å². The molecule has 0 saturated heterocycles. The standard InChI is InChI=1S/C30H36N4O3/c1-19-25-18-21(24-8-5-9-27-28(24)37-17-16-36-27)12-15-26(25)34-30(31-19)33-23-13-10-20(11-14-23)29(35)32-22-6-3-2-4-7-22/h5,8-9,12,15,18,20,22-23H,2-4,6-7,10-11,13-14,16-17H2,1H3,(H,32,35)(H,31,33,34). The van der Waals surface area contributed by atoms with E-state index >= 15 is 0 Å². The molecule has 0 unspecified atom stereocenters. The van der Waals surface area contributed by atoms with Crippen LogP contribution in [0, 0.1) is 12.8 Å². The number of fused-ring (bicyclic) bond motifs is 2. The molecule has 0 bridgehead atoms. The SMILES string of the molecule is Cc1nc(NC2CCC(C(=O)NC3CCCCC3)CC2)nc2ccc(-c3cccc4c3OCCO4)cc12. The first-order valence-corrected chi connectivity index (χ1v) is 13.9. The number of hydrogen-bond donors (Lipinski definition) is 2. The molecule has 3 aliphatic rings. The van der Waals surface area contributed by atoms with Crippen LogP contribution < -0.4 is 20.1 Å². The summed E-state index contributed by atoms with van der Waals surface area (Å²) in [7, 11) is 0. The Balaban J connectivity index is 1.12. The topological polar surface area (TPSA) is 85.4 Å². The van der Waals surface area contributed by atoms with Gasteiger partial charge in [0.25, 0.3) is 0 Å². The van der Waals surface area contributed by atoms with E-state index in [2.05, 4.69) is 34.9 Å². The Labute approximate surface area is 218 Å². The Morgan fingerprint density at radius 3 is 2.54 bits per heavy atom. The summed E-state index contributed by atoms with van der Waals surface area (Å²) in [5.41, 5.74) is 3.94. The normalized spacial score (nSPS) is 22.0. The van der Waals surface area contributed by atoms with Crippen LogP contribution in [0.25, 0.3) is 22.0 Å². The van der Waals surface area contributed by atoms with Crippen LogP contribution in [0.5, 0.6) is 11.5 Å². The van der Waals surface area contributed by atoms with Gasteiger partial charge in [-0.1, -0.05) is 37.5 Å². The molecule has 1 aromatic heterocycles. The number of aryl methyl sites for hydroxylation is 1. The van der Waals surface area contributed by atoms with Crippen molar-refractivity contribution in [2.45, 2.75) is 76.8 Å². The molecule has 7 nitrogen and oxygen atoms in total. The Morgan fingerprint density at radius 2 is 1.70 bits per heavy atom. The van der Waals surface area contributed by atoms with Gasteiger partial charge in [-0.15, -0.1) is 0 Å². The van der Waals surface area contributed by atoms with Gasteiger partial charge in [-0.25, -0.2) is 9.97 Å². The lowest BCUT2D eigenvalue weighted by Gasteiger charge is -2.30. The number of ether oxygens (including phenoxy) is 2. The zero-order chi connectivity index (χ0) is 25.2. The zero-order valence-electron chi connectivity index (χ0n) is 21.6. The van der Waals surface area contributed by atoms with E-state index in [1.165, 1.54) is 19.3 Å². The summed E-state index contributed by atoms with van der Waals surface area (Å²) in [4.78, 5) is 22.4. The van der Waals surface area contributed by atoms with E-state index < -0.39 is 0 Å². The van der Waals surface area contributed by atoms with Crippen LogP contribution in [0.2, 0.25) is 0 Å². The fourth-order valence-electron chi connectivity index (χ4n) is 6.06. The molecule has 2 aromatic carbocycles. The average molecular weight is 501 g/mol. The molecular formula is C30H36N4O3. The molecule has 0 radical (unpaired) electrons. The van der Waals surface area contributed by atoms with E-state index in [1.807, 2.05) is 19.1 Å². The minimum atomic E-state index is 0.135. The van der Waals surface area contributed by atoms with E-state index in [4.69, 9.17) is 19.4 Å². The molecule has 0 spiro atoms. The molecule has 2 aliphatic carbocycles. The van der Waals surface area contributed by atoms with Crippen molar-refractivity contribution in [2.24, 2.45) is 5.92 Å². The fourth-order valence-corrected chi connectivity index (χ4v) is 6.06. The first-order valence-electron chi connectivity index (χ1n) is 13.9. The van der Waals surface area contributed by atoms with Gasteiger partial charge in [0.15, 0.2) is 11.5 Å². The average Bonchev–Trinajstić information content (AvgIpc) is 2.93. The quantitative estimate of drug-likeness (QED) is 0.461. The highest BCUT2D eigenvalue weighted by atomic mass is 16.6. The molecule has 0 atom stereocenters. The third kappa shape index (κ3) is 5.22. The maximum absolute atomic E-state index is 12.8.